The molecule has 0 spiro atoms. The second kappa shape index (κ2) is 9.66. The third-order valence-corrected chi connectivity index (χ3v) is 5.51. The van der Waals surface area contributed by atoms with E-state index in [1.165, 1.54) is 0 Å². The van der Waals surface area contributed by atoms with Crippen LogP contribution >= 0.6 is 11.6 Å². The molecule has 3 aromatic carbocycles. The molecular formula is C25H23ClN4O2. The maximum absolute atomic E-state index is 12.6. The smallest absolute Gasteiger partial charge is 0.308 e. The quantitative estimate of drug-likeness (QED) is 0.340. The third kappa shape index (κ3) is 4.65. The number of nitrogens with one attached hydrogen (secondary N) is 2. The molecule has 0 atom stereocenters. The van der Waals surface area contributed by atoms with E-state index in [2.05, 4.69) is 34.8 Å². The normalized spacial score (nSPS) is 10.7. The van der Waals surface area contributed by atoms with E-state index in [0.29, 0.717) is 22.1 Å². The number of rotatable bonds is 6. The Bertz CT molecular complexity index is 1200. The average molecular weight is 447 g/mol. The molecule has 0 aliphatic rings. The topological polar surface area (TPSA) is 80.0 Å². The van der Waals surface area contributed by atoms with Gasteiger partial charge in [0.25, 0.3) is 0 Å². The van der Waals surface area contributed by atoms with Gasteiger partial charge >= 0.3 is 6.03 Å². The first-order valence-corrected chi connectivity index (χ1v) is 10.8. The maximum Gasteiger partial charge on any atom is 0.323 e. The van der Waals surface area contributed by atoms with E-state index in [4.69, 9.17) is 16.2 Å². The number of aryl methyl sites for hydroxylation is 2. The zero-order valence-corrected chi connectivity index (χ0v) is 18.6. The minimum absolute atomic E-state index is 0.279. The molecular weight excluding hydrogens is 424 g/mol. The number of urea groups is 1. The molecule has 0 aliphatic heterocycles. The Balaban J connectivity index is 1.50. The zero-order chi connectivity index (χ0) is 22.5. The summed E-state index contributed by atoms with van der Waals surface area (Å²) in [5.41, 5.74) is 6.71. The number of amides is 2. The SMILES string of the molecule is CCc1cccc(CC)c1NC(=O)Nc1ccc(-c2nonc2-c2ccc(Cl)cc2)cc1. The lowest BCUT2D eigenvalue weighted by Gasteiger charge is -2.15. The van der Waals surface area contributed by atoms with Crippen LogP contribution in [0.2, 0.25) is 5.02 Å². The van der Waals surface area contributed by atoms with E-state index in [0.717, 1.165) is 40.8 Å². The van der Waals surface area contributed by atoms with Crippen LogP contribution in [0.4, 0.5) is 16.2 Å². The van der Waals surface area contributed by atoms with E-state index in [-0.39, 0.29) is 6.03 Å². The van der Waals surface area contributed by atoms with Crippen LogP contribution in [0.25, 0.3) is 22.5 Å². The van der Waals surface area contributed by atoms with Crippen molar-refractivity contribution in [1.82, 2.24) is 10.3 Å². The third-order valence-electron chi connectivity index (χ3n) is 5.26. The molecule has 0 unspecified atom stereocenters. The standard InChI is InChI=1S/C25H23ClN4O2/c1-3-16-6-5-7-17(4-2)22(16)28-25(31)27-21-14-10-19(11-15-21)24-23(29-32-30-24)18-8-12-20(26)13-9-18/h5-15H,3-4H2,1-2H3,(H2,27,28,31). The highest BCUT2D eigenvalue weighted by atomic mass is 35.5. The van der Waals surface area contributed by atoms with Gasteiger partial charge in [0.1, 0.15) is 11.4 Å². The molecule has 0 aliphatic carbocycles. The van der Waals surface area contributed by atoms with Crippen LogP contribution in [-0.2, 0) is 12.8 Å². The van der Waals surface area contributed by atoms with E-state index in [1.54, 1.807) is 12.1 Å². The van der Waals surface area contributed by atoms with Crippen molar-refractivity contribution in [2.75, 3.05) is 10.6 Å². The van der Waals surface area contributed by atoms with Crippen molar-refractivity contribution in [2.24, 2.45) is 0 Å². The number of carbonyl (C=O) groups excluding carboxylic acids is 1. The number of halogens is 1. The number of aromatic nitrogens is 2. The number of hydrogen-bond donors (Lipinski definition) is 2. The summed E-state index contributed by atoms with van der Waals surface area (Å²) in [6.45, 7) is 4.15. The van der Waals surface area contributed by atoms with Crippen molar-refractivity contribution in [3.8, 4) is 22.5 Å². The number of benzene rings is 3. The predicted molar refractivity (Wildman–Crippen MR) is 128 cm³/mol. The van der Waals surface area contributed by atoms with Crippen molar-refractivity contribution in [3.63, 3.8) is 0 Å². The van der Waals surface area contributed by atoms with Gasteiger partial charge in [-0.25, -0.2) is 9.42 Å². The molecule has 2 N–H and O–H groups in total. The Hall–Kier alpha value is -3.64. The molecule has 0 fully saturated rings. The van der Waals surface area contributed by atoms with E-state index in [1.807, 2.05) is 54.6 Å². The summed E-state index contributed by atoms with van der Waals surface area (Å²) >= 11 is 5.97. The summed E-state index contributed by atoms with van der Waals surface area (Å²) in [6, 6.07) is 20.5. The van der Waals surface area contributed by atoms with E-state index >= 15 is 0 Å². The van der Waals surface area contributed by atoms with Crippen LogP contribution in [0.3, 0.4) is 0 Å². The largest absolute Gasteiger partial charge is 0.323 e. The van der Waals surface area contributed by atoms with E-state index in [9.17, 15) is 4.79 Å². The first kappa shape index (κ1) is 21.6. The van der Waals surface area contributed by atoms with Crippen molar-refractivity contribution < 1.29 is 9.42 Å². The number of para-hydroxylation sites is 1. The van der Waals surface area contributed by atoms with Crippen molar-refractivity contribution in [2.45, 2.75) is 26.7 Å². The molecule has 0 saturated carbocycles. The van der Waals surface area contributed by atoms with Gasteiger partial charge in [0.2, 0.25) is 0 Å². The minimum Gasteiger partial charge on any atom is -0.308 e. The van der Waals surface area contributed by atoms with Crippen molar-refractivity contribution in [3.05, 3.63) is 82.9 Å². The monoisotopic (exact) mass is 446 g/mol. The van der Waals surface area contributed by atoms with Crippen LogP contribution in [0, 0.1) is 0 Å². The highest BCUT2D eigenvalue weighted by molar-refractivity contribution is 6.30. The molecule has 7 heteroatoms. The number of anilines is 2. The molecule has 1 aromatic heterocycles. The van der Waals surface area contributed by atoms with Crippen LogP contribution < -0.4 is 10.6 Å². The summed E-state index contributed by atoms with van der Waals surface area (Å²) in [5.74, 6) is 0. The molecule has 32 heavy (non-hydrogen) atoms. The Morgan fingerprint density at radius 3 is 1.88 bits per heavy atom. The molecule has 162 valence electrons. The fourth-order valence-corrected chi connectivity index (χ4v) is 3.69. The number of nitrogens with zero attached hydrogens (tertiary/aromatic N) is 2. The highest BCUT2D eigenvalue weighted by Crippen LogP contribution is 2.30. The molecule has 4 rings (SSSR count). The van der Waals surface area contributed by atoms with Gasteiger partial charge in [0.15, 0.2) is 0 Å². The van der Waals surface area contributed by atoms with Crippen LogP contribution in [0.1, 0.15) is 25.0 Å². The van der Waals surface area contributed by atoms with Gasteiger partial charge < -0.3 is 10.6 Å². The molecule has 2 amide bonds. The van der Waals surface area contributed by atoms with Gasteiger partial charge in [0, 0.05) is 27.5 Å². The predicted octanol–water partition coefficient (Wildman–Crippen LogP) is 6.83. The van der Waals surface area contributed by atoms with Crippen molar-refractivity contribution in [1.29, 1.82) is 0 Å². The minimum atomic E-state index is -0.279. The Morgan fingerprint density at radius 2 is 1.34 bits per heavy atom. The maximum atomic E-state index is 12.6. The van der Waals surface area contributed by atoms with Gasteiger partial charge in [-0.3, -0.25) is 0 Å². The number of carbonyl (C=O) groups is 1. The summed E-state index contributed by atoms with van der Waals surface area (Å²) in [6.07, 6.45) is 1.69. The summed E-state index contributed by atoms with van der Waals surface area (Å²) in [7, 11) is 0. The molecule has 1 heterocycles. The van der Waals surface area contributed by atoms with Crippen molar-refractivity contribution >= 4 is 29.0 Å². The Kier molecular flexibility index (Phi) is 6.52. The average Bonchev–Trinajstić information content (AvgIpc) is 3.30. The van der Waals surface area contributed by atoms with Gasteiger partial charge in [-0.15, -0.1) is 0 Å². The Morgan fingerprint density at radius 1 is 0.812 bits per heavy atom. The number of hydrogen-bond acceptors (Lipinski definition) is 4. The fourth-order valence-electron chi connectivity index (χ4n) is 3.57. The summed E-state index contributed by atoms with van der Waals surface area (Å²) in [4.78, 5) is 12.6. The molecule has 0 radical (unpaired) electrons. The first-order valence-electron chi connectivity index (χ1n) is 10.5. The first-order chi connectivity index (χ1) is 15.6. The lowest BCUT2D eigenvalue weighted by Crippen LogP contribution is -2.21. The van der Waals surface area contributed by atoms with Crippen LogP contribution in [-0.4, -0.2) is 16.3 Å². The molecule has 0 bridgehead atoms. The zero-order valence-electron chi connectivity index (χ0n) is 17.9. The van der Waals surface area contributed by atoms with E-state index < -0.39 is 0 Å². The molecule has 6 nitrogen and oxygen atoms in total. The molecule has 0 saturated heterocycles. The van der Waals surface area contributed by atoms with Crippen LogP contribution in [0.5, 0.6) is 0 Å². The lowest BCUT2D eigenvalue weighted by molar-refractivity contribution is 0.262. The summed E-state index contributed by atoms with van der Waals surface area (Å²) < 4.78 is 4.98. The Labute approximate surface area is 191 Å². The highest BCUT2D eigenvalue weighted by Gasteiger charge is 2.15. The van der Waals surface area contributed by atoms with Gasteiger partial charge in [-0.05, 0) is 58.5 Å². The lowest BCUT2D eigenvalue weighted by atomic mass is 10.0. The fraction of sp³-hybridized carbons (Fsp3) is 0.160. The second-order valence-corrected chi connectivity index (χ2v) is 7.72. The summed E-state index contributed by atoms with van der Waals surface area (Å²) in [5, 5.41) is 14.6. The van der Waals surface area contributed by atoms with Crippen LogP contribution in [0.15, 0.2) is 71.4 Å². The molecule has 4 aromatic rings. The second-order valence-electron chi connectivity index (χ2n) is 7.28. The van der Waals surface area contributed by atoms with Gasteiger partial charge in [-0.2, -0.15) is 0 Å². The van der Waals surface area contributed by atoms with Gasteiger partial charge in [-0.1, -0.05) is 67.9 Å². The van der Waals surface area contributed by atoms with Gasteiger partial charge in [0.05, 0.1) is 0 Å².